The van der Waals surface area contributed by atoms with E-state index in [2.05, 4.69) is 37.8 Å². The number of guanidine groups is 1. The van der Waals surface area contributed by atoms with Crippen molar-refractivity contribution < 1.29 is 4.79 Å². The van der Waals surface area contributed by atoms with Crippen LogP contribution < -0.4 is 16.0 Å². The van der Waals surface area contributed by atoms with Crippen LogP contribution in [0.15, 0.2) is 23.2 Å². The van der Waals surface area contributed by atoms with Gasteiger partial charge in [-0.3, -0.25) is 9.79 Å². The second-order valence-corrected chi connectivity index (χ2v) is 7.44. The number of carbonyl (C=O) groups is 1. The van der Waals surface area contributed by atoms with E-state index in [0.717, 1.165) is 29.4 Å². The Hall–Kier alpha value is -1.75. The van der Waals surface area contributed by atoms with Gasteiger partial charge in [0.25, 0.3) is 0 Å². The second-order valence-electron chi connectivity index (χ2n) is 6.15. The molecule has 0 aliphatic heterocycles. The first kappa shape index (κ1) is 24.3. The predicted molar refractivity (Wildman–Crippen MR) is 127 cm³/mol. The molecular weight excluding hydrogens is 487 g/mol. The molecule has 3 N–H and O–H groups in total. The Morgan fingerprint density at radius 3 is 2.61 bits per heavy atom. The first-order valence-corrected chi connectivity index (χ1v) is 9.98. The van der Waals surface area contributed by atoms with E-state index in [4.69, 9.17) is 0 Å². The fourth-order valence-electron chi connectivity index (χ4n) is 2.36. The zero-order valence-corrected chi connectivity index (χ0v) is 20.0. The Morgan fingerprint density at radius 1 is 1.18 bits per heavy atom. The van der Waals surface area contributed by atoms with E-state index in [1.165, 1.54) is 4.88 Å². The summed E-state index contributed by atoms with van der Waals surface area (Å²) in [6.45, 7) is 9.94. The third kappa shape index (κ3) is 8.51. The Kier molecular flexibility index (Phi) is 11.0. The normalized spacial score (nSPS) is 10.9. The van der Waals surface area contributed by atoms with Crippen LogP contribution in [-0.2, 0) is 11.2 Å². The highest BCUT2D eigenvalue weighted by Gasteiger charge is 2.06. The summed E-state index contributed by atoms with van der Waals surface area (Å²) < 4.78 is 0. The van der Waals surface area contributed by atoms with Crippen LogP contribution in [0, 0.1) is 20.8 Å². The molecule has 0 aromatic carbocycles. The fourth-order valence-corrected chi connectivity index (χ4v) is 3.29. The standard InChI is InChI=1S/C19H28N6OS.HI/c1-5-20-19(22-12-10-18-24-14(3)15(4)27-18)21-11-9-17(26)25-16-8-6-7-13(2)23-16;/h6-8H,5,9-12H2,1-4H3,(H2,20,21,22)(H,23,25,26);1H. The van der Waals surface area contributed by atoms with Gasteiger partial charge in [-0.05, 0) is 39.8 Å². The Labute approximate surface area is 187 Å². The summed E-state index contributed by atoms with van der Waals surface area (Å²) in [5.41, 5.74) is 1.97. The van der Waals surface area contributed by atoms with Gasteiger partial charge >= 0.3 is 0 Å². The van der Waals surface area contributed by atoms with Crippen molar-refractivity contribution in [2.75, 3.05) is 25.0 Å². The summed E-state index contributed by atoms with van der Waals surface area (Å²) in [6, 6.07) is 5.55. The van der Waals surface area contributed by atoms with Crippen molar-refractivity contribution in [1.82, 2.24) is 20.6 Å². The summed E-state index contributed by atoms with van der Waals surface area (Å²) in [4.78, 5) is 26.7. The van der Waals surface area contributed by atoms with E-state index in [9.17, 15) is 4.79 Å². The van der Waals surface area contributed by atoms with Gasteiger partial charge in [0.1, 0.15) is 5.82 Å². The molecule has 0 atom stereocenters. The molecule has 9 heteroatoms. The third-order valence-corrected chi connectivity index (χ3v) is 4.95. The molecule has 0 saturated carbocycles. The van der Waals surface area contributed by atoms with Crippen molar-refractivity contribution in [3.05, 3.63) is 39.5 Å². The van der Waals surface area contributed by atoms with Gasteiger partial charge in [-0.1, -0.05) is 6.07 Å². The van der Waals surface area contributed by atoms with Crippen LogP contribution in [0.2, 0.25) is 0 Å². The molecule has 2 heterocycles. The van der Waals surface area contributed by atoms with Gasteiger partial charge in [-0.25, -0.2) is 9.97 Å². The minimum atomic E-state index is -0.0785. The zero-order valence-electron chi connectivity index (χ0n) is 16.8. The van der Waals surface area contributed by atoms with Crippen molar-refractivity contribution in [1.29, 1.82) is 0 Å². The summed E-state index contributed by atoms with van der Waals surface area (Å²) in [7, 11) is 0. The van der Waals surface area contributed by atoms with Crippen molar-refractivity contribution in [3.63, 3.8) is 0 Å². The molecule has 0 spiro atoms. The van der Waals surface area contributed by atoms with Crippen LogP contribution in [0.4, 0.5) is 5.82 Å². The number of hydrogen-bond donors (Lipinski definition) is 3. The number of amides is 1. The zero-order chi connectivity index (χ0) is 19.6. The van der Waals surface area contributed by atoms with E-state index in [1.807, 2.05) is 32.9 Å². The summed E-state index contributed by atoms with van der Waals surface area (Å²) in [5.74, 6) is 1.21. The highest BCUT2D eigenvalue weighted by Crippen LogP contribution is 2.16. The number of pyridine rings is 1. The highest BCUT2D eigenvalue weighted by molar-refractivity contribution is 14.0. The smallest absolute Gasteiger partial charge is 0.227 e. The molecule has 2 aromatic heterocycles. The number of thiazole rings is 1. The summed E-state index contributed by atoms with van der Waals surface area (Å²) in [6.07, 6.45) is 1.15. The molecule has 2 rings (SSSR count). The van der Waals surface area contributed by atoms with Crippen LogP contribution in [-0.4, -0.2) is 41.5 Å². The van der Waals surface area contributed by atoms with Crippen molar-refractivity contribution in [3.8, 4) is 0 Å². The van der Waals surface area contributed by atoms with Crippen molar-refractivity contribution >= 4 is 53.0 Å². The quantitative estimate of drug-likeness (QED) is 0.285. The van der Waals surface area contributed by atoms with E-state index in [1.54, 1.807) is 17.4 Å². The number of nitrogens with zero attached hydrogens (tertiary/aromatic N) is 3. The number of aryl methyl sites for hydroxylation is 3. The van der Waals surface area contributed by atoms with E-state index in [0.29, 0.717) is 31.3 Å². The minimum absolute atomic E-state index is 0. The molecular formula is C19H29IN6OS. The molecule has 1 amide bonds. The molecule has 0 fully saturated rings. The third-order valence-electron chi connectivity index (χ3n) is 3.81. The number of hydrogen-bond acceptors (Lipinski definition) is 5. The SMILES string of the molecule is CCNC(=NCCc1nc(C)c(C)s1)NCCC(=O)Nc1cccc(C)n1.I. The molecule has 0 aliphatic rings. The topological polar surface area (TPSA) is 91.3 Å². The lowest BCUT2D eigenvalue weighted by atomic mass is 10.3. The van der Waals surface area contributed by atoms with E-state index < -0.39 is 0 Å². The molecule has 0 saturated heterocycles. The maximum absolute atomic E-state index is 12.0. The lowest BCUT2D eigenvalue weighted by molar-refractivity contribution is -0.116. The van der Waals surface area contributed by atoms with Gasteiger partial charge in [0.2, 0.25) is 5.91 Å². The van der Waals surface area contributed by atoms with Gasteiger partial charge in [0, 0.05) is 43.0 Å². The average Bonchev–Trinajstić information content (AvgIpc) is 2.92. The molecule has 7 nitrogen and oxygen atoms in total. The summed E-state index contributed by atoms with van der Waals surface area (Å²) >= 11 is 1.72. The number of rotatable bonds is 8. The summed E-state index contributed by atoms with van der Waals surface area (Å²) in [5, 5.41) is 10.3. The van der Waals surface area contributed by atoms with Crippen molar-refractivity contribution in [2.24, 2.45) is 4.99 Å². The Morgan fingerprint density at radius 2 is 1.96 bits per heavy atom. The number of carbonyl (C=O) groups excluding carboxylic acids is 1. The number of halogens is 1. The van der Waals surface area contributed by atoms with E-state index in [-0.39, 0.29) is 29.9 Å². The average molecular weight is 516 g/mol. The molecule has 0 aliphatic carbocycles. The number of aliphatic imine (C=N–C) groups is 1. The van der Waals surface area contributed by atoms with Crippen LogP contribution >= 0.6 is 35.3 Å². The van der Waals surface area contributed by atoms with Crippen LogP contribution in [0.5, 0.6) is 0 Å². The number of nitrogens with one attached hydrogen (secondary N) is 3. The lowest BCUT2D eigenvalue weighted by Crippen LogP contribution is -2.38. The van der Waals surface area contributed by atoms with Gasteiger partial charge < -0.3 is 16.0 Å². The fraction of sp³-hybridized carbons (Fsp3) is 0.474. The predicted octanol–water partition coefficient (Wildman–Crippen LogP) is 3.21. The van der Waals surface area contributed by atoms with Gasteiger partial charge in [0.15, 0.2) is 5.96 Å². The molecule has 0 radical (unpaired) electrons. The molecule has 0 bridgehead atoms. The highest BCUT2D eigenvalue weighted by atomic mass is 127. The van der Waals surface area contributed by atoms with Crippen LogP contribution in [0.25, 0.3) is 0 Å². The maximum Gasteiger partial charge on any atom is 0.227 e. The number of aromatic nitrogens is 2. The van der Waals surface area contributed by atoms with Crippen LogP contribution in [0.3, 0.4) is 0 Å². The van der Waals surface area contributed by atoms with Crippen LogP contribution in [0.1, 0.15) is 34.6 Å². The first-order chi connectivity index (χ1) is 13.0. The van der Waals surface area contributed by atoms with Crippen molar-refractivity contribution in [2.45, 2.75) is 40.5 Å². The first-order valence-electron chi connectivity index (χ1n) is 9.16. The Balaban J connectivity index is 0.00000392. The monoisotopic (exact) mass is 516 g/mol. The van der Waals surface area contributed by atoms with Gasteiger partial charge in [-0.2, -0.15) is 0 Å². The number of anilines is 1. The molecule has 154 valence electrons. The molecule has 2 aromatic rings. The molecule has 0 unspecified atom stereocenters. The minimum Gasteiger partial charge on any atom is -0.357 e. The maximum atomic E-state index is 12.0. The largest absolute Gasteiger partial charge is 0.357 e. The molecule has 28 heavy (non-hydrogen) atoms. The lowest BCUT2D eigenvalue weighted by Gasteiger charge is -2.11. The van der Waals surface area contributed by atoms with Gasteiger partial charge in [-0.15, -0.1) is 35.3 Å². The van der Waals surface area contributed by atoms with E-state index >= 15 is 0 Å². The Bertz CT molecular complexity index is 773. The van der Waals surface area contributed by atoms with Gasteiger partial charge in [0.05, 0.1) is 10.7 Å². The second kappa shape index (κ2) is 12.7.